The van der Waals surface area contributed by atoms with E-state index in [-0.39, 0.29) is 29.0 Å². The molecule has 3 nitrogen and oxygen atoms in total. The normalized spacial score (nSPS) is 37.5. The van der Waals surface area contributed by atoms with Crippen molar-refractivity contribution in [3.8, 4) is 5.75 Å². The zero-order chi connectivity index (χ0) is 18.7. The van der Waals surface area contributed by atoms with Gasteiger partial charge in [0.2, 0.25) is 0 Å². The maximum Gasteiger partial charge on any atom is 0.355 e. The van der Waals surface area contributed by atoms with Gasteiger partial charge in [0.25, 0.3) is 5.60 Å². The quantitative estimate of drug-likeness (QED) is 0.824. The molecule has 4 atom stereocenters. The average molecular weight is 358 g/mol. The zero-order valence-electron chi connectivity index (χ0n) is 16.9. The van der Waals surface area contributed by atoms with Crippen molar-refractivity contribution >= 4 is 6.08 Å². The highest BCUT2D eigenvalue weighted by Gasteiger charge is 2.65. The summed E-state index contributed by atoms with van der Waals surface area (Å²) in [5, 5.41) is 11.7. The number of ether oxygens (including phenoxy) is 1. The van der Waals surface area contributed by atoms with Crippen LogP contribution in [0.3, 0.4) is 0 Å². The van der Waals surface area contributed by atoms with Gasteiger partial charge in [-0.25, -0.2) is 4.42 Å². The molecule has 1 aromatic carbocycles. The fraction of sp³-hybridized carbons (Fsp3) is 0.696. The summed E-state index contributed by atoms with van der Waals surface area (Å²) in [5.41, 5.74) is 2.01. The molecule has 1 aliphatic heterocycles. The van der Waals surface area contributed by atoms with Gasteiger partial charge in [0.1, 0.15) is 11.0 Å². The molecule has 0 spiro atoms. The maximum atomic E-state index is 10.7. The molecule has 2 fully saturated rings. The number of aryl methyl sites for hydroxylation is 1. The van der Waals surface area contributed by atoms with Gasteiger partial charge in [-0.1, -0.05) is 26.3 Å². The predicted molar refractivity (Wildman–Crippen MR) is 105 cm³/mol. The molecule has 0 saturated heterocycles. The lowest BCUT2D eigenvalue weighted by molar-refractivity contribution is -0.114. The molecular formula is C23H33O3+. The van der Waals surface area contributed by atoms with E-state index in [1.807, 2.05) is 0 Å². The first-order valence-electron chi connectivity index (χ1n) is 10.1. The number of aliphatic hydroxyl groups is 1. The molecule has 3 heteroatoms. The van der Waals surface area contributed by atoms with E-state index in [0.29, 0.717) is 5.92 Å². The highest BCUT2D eigenvalue weighted by atomic mass is 16.5. The standard InChI is InChI=1S/C23H33O3/c1-15-11-17(25-5)16-13-20-22(4,26-18(16)12-15)10-7-19-21(2,3)8-6-9-23(19,20)14-24/h11-13,19-20,24H,6-10,14H2,1-5H3/q+1/t19-,20-,22-,23-/m0/s1. The first-order chi connectivity index (χ1) is 12.3. The zero-order valence-corrected chi connectivity index (χ0v) is 16.9. The van der Waals surface area contributed by atoms with Gasteiger partial charge < -0.3 is 9.84 Å². The van der Waals surface area contributed by atoms with Gasteiger partial charge in [0, 0.05) is 31.4 Å². The molecule has 0 amide bonds. The number of fused-ring (bicyclic) bond motifs is 4. The molecule has 3 aliphatic rings. The maximum absolute atomic E-state index is 10.7. The van der Waals surface area contributed by atoms with Gasteiger partial charge >= 0.3 is 5.43 Å². The summed E-state index contributed by atoms with van der Waals surface area (Å²) in [6.45, 7) is 9.36. The van der Waals surface area contributed by atoms with E-state index in [1.54, 1.807) is 7.11 Å². The predicted octanol–water partition coefficient (Wildman–Crippen LogP) is 3.39. The van der Waals surface area contributed by atoms with Gasteiger partial charge in [0.05, 0.1) is 13.0 Å². The number of benzene rings is 1. The third kappa shape index (κ3) is 2.39. The third-order valence-corrected chi connectivity index (χ3v) is 7.75. The molecule has 142 valence electrons. The van der Waals surface area contributed by atoms with Crippen molar-refractivity contribution in [2.45, 2.75) is 65.4 Å². The second kappa shape index (κ2) is 5.82. The monoisotopic (exact) mass is 357 g/mol. The van der Waals surface area contributed by atoms with E-state index in [4.69, 9.17) is 9.16 Å². The Morgan fingerprint density at radius 3 is 2.65 bits per heavy atom. The van der Waals surface area contributed by atoms with Crippen LogP contribution in [0.5, 0.6) is 5.75 Å². The molecule has 2 saturated carbocycles. The van der Waals surface area contributed by atoms with Crippen LogP contribution in [-0.2, 0) is 0 Å². The van der Waals surface area contributed by atoms with E-state index >= 15 is 0 Å². The first kappa shape index (κ1) is 18.0. The van der Waals surface area contributed by atoms with E-state index in [2.05, 4.69) is 45.9 Å². The Hall–Kier alpha value is -1.35. The Labute approximate surface area is 156 Å². The van der Waals surface area contributed by atoms with Gasteiger partial charge in [-0.15, -0.1) is 0 Å². The summed E-state index contributed by atoms with van der Waals surface area (Å²) in [5.74, 6) is 1.62. The fourth-order valence-corrected chi connectivity index (χ4v) is 6.56. The van der Waals surface area contributed by atoms with Crippen LogP contribution in [0.2, 0.25) is 0 Å². The van der Waals surface area contributed by atoms with Crippen molar-refractivity contribution in [2.75, 3.05) is 13.7 Å². The van der Waals surface area contributed by atoms with Crippen LogP contribution < -0.4 is 15.4 Å². The number of methoxy groups -OCH3 is 1. The Morgan fingerprint density at radius 2 is 1.96 bits per heavy atom. The number of hydrogen-bond donors (Lipinski definition) is 1. The second-order valence-corrected chi connectivity index (χ2v) is 9.76. The van der Waals surface area contributed by atoms with Gasteiger partial charge in [-0.3, -0.25) is 0 Å². The summed E-state index contributed by atoms with van der Waals surface area (Å²) >= 11 is 0. The van der Waals surface area contributed by atoms with Gasteiger partial charge in [0.15, 0.2) is 0 Å². The van der Waals surface area contributed by atoms with Crippen molar-refractivity contribution in [2.24, 2.45) is 22.7 Å². The summed E-state index contributed by atoms with van der Waals surface area (Å²) in [4.78, 5) is 0. The van der Waals surface area contributed by atoms with Crippen molar-refractivity contribution < 1.29 is 9.84 Å². The minimum Gasteiger partial charge on any atom is -0.496 e. The Bertz CT molecular complexity index is 840. The molecule has 0 radical (unpaired) electrons. The minimum absolute atomic E-state index is 0.0949. The van der Waals surface area contributed by atoms with Crippen LogP contribution in [0.25, 0.3) is 6.08 Å². The van der Waals surface area contributed by atoms with Crippen LogP contribution in [-0.4, -0.2) is 24.4 Å². The molecule has 4 rings (SSSR count). The van der Waals surface area contributed by atoms with Crippen molar-refractivity contribution in [1.82, 2.24) is 0 Å². The molecule has 2 aliphatic carbocycles. The SMILES string of the molecule is COc1cc(C)cc2c1=C[C@@H]1[C@]3(CO)CCCC(C)(C)[C@@H]3CC[C@]1(C)[O+]=2. The highest BCUT2D eigenvalue weighted by Crippen LogP contribution is 2.63. The van der Waals surface area contributed by atoms with Crippen molar-refractivity contribution in [3.05, 3.63) is 32.8 Å². The topological polar surface area (TPSA) is 40.8 Å². The van der Waals surface area contributed by atoms with E-state index in [0.717, 1.165) is 41.2 Å². The first-order valence-corrected chi connectivity index (χ1v) is 10.1. The second-order valence-electron chi connectivity index (χ2n) is 9.76. The Balaban J connectivity index is 1.95. The summed E-state index contributed by atoms with van der Waals surface area (Å²) in [7, 11) is 1.73. The Morgan fingerprint density at radius 1 is 1.19 bits per heavy atom. The van der Waals surface area contributed by atoms with Crippen LogP contribution in [0.15, 0.2) is 16.6 Å². The van der Waals surface area contributed by atoms with E-state index in [1.165, 1.54) is 12.8 Å². The molecule has 1 heterocycles. The summed E-state index contributed by atoms with van der Waals surface area (Å²) < 4.78 is 12.3. The lowest BCUT2D eigenvalue weighted by Gasteiger charge is -2.58. The minimum atomic E-state index is -0.252. The van der Waals surface area contributed by atoms with Crippen LogP contribution in [0.1, 0.15) is 58.4 Å². The molecule has 0 unspecified atom stereocenters. The highest BCUT2D eigenvalue weighted by molar-refractivity contribution is 5.46. The smallest absolute Gasteiger partial charge is 0.355 e. The van der Waals surface area contributed by atoms with Crippen molar-refractivity contribution in [3.63, 3.8) is 0 Å². The molecule has 1 N–H and O–H groups in total. The number of aliphatic hydroxyl groups excluding tert-OH is 1. The fourth-order valence-electron chi connectivity index (χ4n) is 6.56. The lowest BCUT2D eigenvalue weighted by Crippen LogP contribution is -2.61. The summed E-state index contributed by atoms with van der Waals surface area (Å²) in [6.07, 6.45) is 8.07. The summed E-state index contributed by atoms with van der Waals surface area (Å²) in [6, 6.07) is 4.20. The average Bonchev–Trinajstić information content (AvgIpc) is 2.58. The van der Waals surface area contributed by atoms with E-state index in [9.17, 15) is 5.11 Å². The van der Waals surface area contributed by atoms with E-state index < -0.39 is 0 Å². The molecule has 26 heavy (non-hydrogen) atoms. The Kier molecular flexibility index (Phi) is 4.04. The van der Waals surface area contributed by atoms with Crippen LogP contribution >= 0.6 is 0 Å². The van der Waals surface area contributed by atoms with Gasteiger partial charge in [-0.2, -0.15) is 0 Å². The van der Waals surface area contributed by atoms with Gasteiger partial charge in [-0.05, 0) is 49.1 Å². The molecule has 1 aromatic rings. The van der Waals surface area contributed by atoms with Crippen LogP contribution in [0, 0.1) is 29.6 Å². The van der Waals surface area contributed by atoms with Crippen LogP contribution in [0.4, 0.5) is 0 Å². The lowest BCUT2D eigenvalue weighted by atomic mass is 9.45. The molecule has 0 bridgehead atoms. The molecule has 0 aromatic heterocycles. The number of hydrogen-bond acceptors (Lipinski definition) is 2. The largest absolute Gasteiger partial charge is 0.496 e. The molecular weight excluding hydrogens is 324 g/mol. The third-order valence-electron chi connectivity index (χ3n) is 7.75. The number of rotatable bonds is 2. The van der Waals surface area contributed by atoms with Crippen molar-refractivity contribution in [1.29, 1.82) is 0 Å².